The van der Waals surface area contributed by atoms with E-state index in [1.807, 2.05) is 12.3 Å². The highest BCUT2D eigenvalue weighted by Crippen LogP contribution is 2.25. The van der Waals surface area contributed by atoms with Crippen molar-refractivity contribution < 1.29 is 0 Å². The summed E-state index contributed by atoms with van der Waals surface area (Å²) < 4.78 is 0. The second-order valence-corrected chi connectivity index (χ2v) is 5.58. The lowest BCUT2D eigenvalue weighted by Crippen LogP contribution is -2.10. The van der Waals surface area contributed by atoms with Gasteiger partial charge in [0.25, 0.3) is 0 Å². The standard InChI is InChI=1S/C18H26N2/c1-2-3-4-5-6-7-12-17(19)15-10-8-13-18-16(15)11-9-14-20-18/h8-11,13-14,17H,2-7,12,19H2,1H3. The molecule has 0 aliphatic carbocycles. The molecule has 2 N–H and O–H groups in total. The Balaban J connectivity index is 1.89. The Kier molecular flexibility index (Phi) is 6.00. The molecule has 20 heavy (non-hydrogen) atoms. The van der Waals surface area contributed by atoms with Gasteiger partial charge in [0.05, 0.1) is 5.52 Å². The zero-order valence-corrected chi connectivity index (χ0v) is 12.5. The molecule has 108 valence electrons. The molecule has 0 amide bonds. The zero-order valence-electron chi connectivity index (χ0n) is 12.5. The SMILES string of the molecule is CCCCCCCCC(N)c1cccc2ncccc12. The van der Waals surface area contributed by atoms with Gasteiger partial charge in [0.15, 0.2) is 0 Å². The second-order valence-electron chi connectivity index (χ2n) is 5.58. The van der Waals surface area contributed by atoms with Crippen molar-refractivity contribution in [3.63, 3.8) is 0 Å². The molecule has 0 spiro atoms. The number of rotatable bonds is 8. The Morgan fingerprint density at radius 2 is 1.80 bits per heavy atom. The normalized spacial score (nSPS) is 12.7. The van der Waals surface area contributed by atoms with Gasteiger partial charge in [0, 0.05) is 17.6 Å². The highest BCUT2D eigenvalue weighted by atomic mass is 14.7. The van der Waals surface area contributed by atoms with Gasteiger partial charge in [-0.3, -0.25) is 4.98 Å². The van der Waals surface area contributed by atoms with Crippen LogP contribution in [0.1, 0.15) is 63.5 Å². The van der Waals surface area contributed by atoms with E-state index < -0.39 is 0 Å². The number of hydrogen-bond donors (Lipinski definition) is 1. The fourth-order valence-electron chi connectivity index (χ4n) is 2.75. The average molecular weight is 270 g/mol. The van der Waals surface area contributed by atoms with Crippen molar-refractivity contribution in [1.82, 2.24) is 4.98 Å². The summed E-state index contributed by atoms with van der Waals surface area (Å²) in [5.41, 5.74) is 8.66. The van der Waals surface area contributed by atoms with E-state index in [4.69, 9.17) is 5.73 Å². The van der Waals surface area contributed by atoms with E-state index >= 15 is 0 Å². The van der Waals surface area contributed by atoms with Crippen LogP contribution in [0.2, 0.25) is 0 Å². The fraction of sp³-hybridized carbons (Fsp3) is 0.500. The topological polar surface area (TPSA) is 38.9 Å². The first-order valence-corrected chi connectivity index (χ1v) is 7.92. The van der Waals surface area contributed by atoms with Crippen molar-refractivity contribution >= 4 is 10.9 Å². The largest absolute Gasteiger partial charge is 0.324 e. The van der Waals surface area contributed by atoms with Gasteiger partial charge >= 0.3 is 0 Å². The molecule has 0 saturated heterocycles. The molecule has 1 heterocycles. The van der Waals surface area contributed by atoms with E-state index in [2.05, 4.69) is 36.2 Å². The predicted molar refractivity (Wildman–Crippen MR) is 86.7 cm³/mol. The number of aromatic nitrogens is 1. The second kappa shape index (κ2) is 8.01. The van der Waals surface area contributed by atoms with E-state index in [-0.39, 0.29) is 6.04 Å². The van der Waals surface area contributed by atoms with Crippen molar-refractivity contribution in [2.45, 2.75) is 57.9 Å². The highest BCUT2D eigenvalue weighted by molar-refractivity contribution is 5.82. The summed E-state index contributed by atoms with van der Waals surface area (Å²) in [5, 5.41) is 1.20. The first kappa shape index (κ1) is 15.0. The van der Waals surface area contributed by atoms with E-state index in [0.29, 0.717) is 0 Å². The van der Waals surface area contributed by atoms with Gasteiger partial charge in [-0.2, -0.15) is 0 Å². The number of unbranched alkanes of at least 4 members (excludes halogenated alkanes) is 5. The monoisotopic (exact) mass is 270 g/mol. The number of nitrogens with zero attached hydrogens (tertiary/aromatic N) is 1. The summed E-state index contributed by atoms with van der Waals surface area (Å²) >= 11 is 0. The lowest BCUT2D eigenvalue weighted by atomic mass is 9.97. The average Bonchev–Trinajstić information content (AvgIpc) is 2.50. The smallest absolute Gasteiger partial charge is 0.0705 e. The van der Waals surface area contributed by atoms with Crippen molar-refractivity contribution in [3.05, 3.63) is 42.1 Å². The molecule has 1 atom stereocenters. The molecule has 0 fully saturated rings. The Morgan fingerprint density at radius 1 is 1.00 bits per heavy atom. The number of pyridine rings is 1. The molecule has 0 bridgehead atoms. The van der Waals surface area contributed by atoms with Crippen LogP contribution in [-0.4, -0.2) is 4.98 Å². The first-order chi connectivity index (χ1) is 9.83. The summed E-state index contributed by atoms with van der Waals surface area (Å²) in [6.45, 7) is 2.25. The number of fused-ring (bicyclic) bond motifs is 1. The maximum Gasteiger partial charge on any atom is 0.0705 e. The molecule has 1 unspecified atom stereocenters. The maximum atomic E-state index is 6.37. The number of nitrogens with two attached hydrogens (primary N) is 1. The van der Waals surface area contributed by atoms with E-state index in [0.717, 1.165) is 11.9 Å². The van der Waals surface area contributed by atoms with Crippen LogP contribution >= 0.6 is 0 Å². The Hall–Kier alpha value is -1.41. The summed E-state index contributed by atoms with van der Waals surface area (Å²) in [5.74, 6) is 0. The van der Waals surface area contributed by atoms with Gasteiger partial charge in [-0.05, 0) is 24.1 Å². The Bertz CT molecular complexity index is 516. The van der Waals surface area contributed by atoms with Crippen LogP contribution in [0.4, 0.5) is 0 Å². The minimum atomic E-state index is 0.133. The van der Waals surface area contributed by atoms with Crippen LogP contribution in [0.5, 0.6) is 0 Å². The van der Waals surface area contributed by atoms with Crippen LogP contribution < -0.4 is 5.73 Å². The Labute approximate surface area is 122 Å². The number of benzene rings is 1. The van der Waals surface area contributed by atoms with Crippen LogP contribution in [0.3, 0.4) is 0 Å². The molecular weight excluding hydrogens is 244 g/mol. The van der Waals surface area contributed by atoms with E-state index in [1.165, 1.54) is 49.5 Å². The molecular formula is C18H26N2. The molecule has 2 nitrogen and oxygen atoms in total. The summed E-state index contributed by atoms with van der Waals surface area (Å²) in [7, 11) is 0. The molecule has 0 aliphatic heterocycles. The van der Waals surface area contributed by atoms with Crippen LogP contribution in [-0.2, 0) is 0 Å². The van der Waals surface area contributed by atoms with Gasteiger partial charge in [0.1, 0.15) is 0 Å². The van der Waals surface area contributed by atoms with Gasteiger partial charge in [-0.15, -0.1) is 0 Å². The molecule has 1 aromatic heterocycles. The van der Waals surface area contributed by atoms with Gasteiger partial charge < -0.3 is 5.73 Å². The first-order valence-electron chi connectivity index (χ1n) is 7.92. The molecule has 0 saturated carbocycles. The third-order valence-corrected chi connectivity index (χ3v) is 3.95. The quantitative estimate of drug-likeness (QED) is 0.687. The zero-order chi connectivity index (χ0) is 14.2. The van der Waals surface area contributed by atoms with Gasteiger partial charge in [-0.25, -0.2) is 0 Å². The molecule has 0 aliphatic rings. The molecule has 0 radical (unpaired) electrons. The Morgan fingerprint density at radius 3 is 2.65 bits per heavy atom. The lowest BCUT2D eigenvalue weighted by molar-refractivity contribution is 0.549. The third-order valence-electron chi connectivity index (χ3n) is 3.95. The van der Waals surface area contributed by atoms with Crippen molar-refractivity contribution in [3.8, 4) is 0 Å². The van der Waals surface area contributed by atoms with E-state index in [1.54, 1.807) is 0 Å². The van der Waals surface area contributed by atoms with Crippen molar-refractivity contribution in [1.29, 1.82) is 0 Å². The molecule has 2 rings (SSSR count). The minimum Gasteiger partial charge on any atom is -0.324 e. The van der Waals surface area contributed by atoms with Gasteiger partial charge in [-0.1, -0.05) is 63.6 Å². The maximum absolute atomic E-state index is 6.37. The van der Waals surface area contributed by atoms with Crippen LogP contribution in [0.25, 0.3) is 10.9 Å². The van der Waals surface area contributed by atoms with Crippen molar-refractivity contribution in [2.24, 2.45) is 5.73 Å². The summed E-state index contributed by atoms with van der Waals surface area (Å²) in [4.78, 5) is 4.40. The molecule has 2 heteroatoms. The molecule has 2 aromatic rings. The minimum absolute atomic E-state index is 0.133. The van der Waals surface area contributed by atoms with Crippen LogP contribution in [0.15, 0.2) is 36.5 Å². The predicted octanol–water partition coefficient (Wildman–Crippen LogP) is 4.99. The highest BCUT2D eigenvalue weighted by Gasteiger charge is 2.09. The summed E-state index contributed by atoms with van der Waals surface area (Å²) in [6, 6.07) is 10.5. The third kappa shape index (κ3) is 4.04. The lowest BCUT2D eigenvalue weighted by Gasteiger charge is -2.14. The van der Waals surface area contributed by atoms with Crippen molar-refractivity contribution in [2.75, 3.05) is 0 Å². The van der Waals surface area contributed by atoms with Crippen LogP contribution in [0, 0.1) is 0 Å². The summed E-state index contributed by atoms with van der Waals surface area (Å²) in [6.07, 6.45) is 10.8. The molecule has 1 aromatic carbocycles. The van der Waals surface area contributed by atoms with E-state index in [9.17, 15) is 0 Å². The fourth-order valence-corrected chi connectivity index (χ4v) is 2.75. The number of hydrogen-bond acceptors (Lipinski definition) is 2. The van der Waals surface area contributed by atoms with Gasteiger partial charge in [0.2, 0.25) is 0 Å².